The lowest BCUT2D eigenvalue weighted by Gasteiger charge is -2.28. The SMILES string of the molecule is COc1ccc2c(-c3ccccc3)cc(N3CCOCC3)nc2c1.O=C(O)C(=O)O. The first-order valence-corrected chi connectivity index (χ1v) is 9.32. The molecule has 0 saturated carbocycles. The molecule has 8 nitrogen and oxygen atoms in total. The minimum absolute atomic E-state index is 0.749. The smallest absolute Gasteiger partial charge is 0.414 e. The maximum atomic E-state index is 9.10. The zero-order valence-corrected chi connectivity index (χ0v) is 16.4. The van der Waals surface area contributed by atoms with Crippen molar-refractivity contribution in [2.24, 2.45) is 0 Å². The quantitative estimate of drug-likeness (QED) is 0.635. The number of ether oxygens (including phenoxy) is 2. The van der Waals surface area contributed by atoms with Crippen LogP contribution in [0.3, 0.4) is 0 Å². The van der Waals surface area contributed by atoms with Gasteiger partial charge in [-0.3, -0.25) is 0 Å². The van der Waals surface area contributed by atoms with Gasteiger partial charge in [0.15, 0.2) is 0 Å². The number of carboxylic acid groups (broad SMARTS) is 2. The van der Waals surface area contributed by atoms with E-state index in [9.17, 15) is 0 Å². The summed E-state index contributed by atoms with van der Waals surface area (Å²) in [5.74, 6) is -1.82. The third-order valence-electron chi connectivity index (χ3n) is 4.61. The molecule has 0 atom stereocenters. The molecule has 4 rings (SSSR count). The van der Waals surface area contributed by atoms with Gasteiger partial charge in [-0.25, -0.2) is 14.6 Å². The summed E-state index contributed by atoms with van der Waals surface area (Å²) in [7, 11) is 1.69. The number of hydrogen-bond acceptors (Lipinski definition) is 6. The van der Waals surface area contributed by atoms with Gasteiger partial charge < -0.3 is 24.6 Å². The number of carbonyl (C=O) groups is 2. The van der Waals surface area contributed by atoms with Gasteiger partial charge in [-0.05, 0) is 29.3 Å². The summed E-state index contributed by atoms with van der Waals surface area (Å²) in [6.07, 6.45) is 0. The predicted octanol–water partition coefficient (Wildman–Crippen LogP) is 2.90. The van der Waals surface area contributed by atoms with E-state index >= 15 is 0 Å². The Morgan fingerprint density at radius 3 is 2.27 bits per heavy atom. The molecule has 0 unspecified atom stereocenters. The zero-order valence-electron chi connectivity index (χ0n) is 16.4. The highest BCUT2D eigenvalue weighted by molar-refractivity contribution is 6.27. The lowest BCUT2D eigenvalue weighted by atomic mass is 10.0. The fourth-order valence-electron chi connectivity index (χ4n) is 3.13. The molecular weight excluding hydrogens is 388 g/mol. The Balaban J connectivity index is 0.000000377. The number of rotatable bonds is 3. The van der Waals surface area contributed by atoms with E-state index in [0.29, 0.717) is 0 Å². The van der Waals surface area contributed by atoms with E-state index in [4.69, 9.17) is 34.3 Å². The lowest BCUT2D eigenvalue weighted by molar-refractivity contribution is -0.159. The first-order valence-electron chi connectivity index (χ1n) is 9.32. The molecule has 0 radical (unpaired) electrons. The topological polar surface area (TPSA) is 109 Å². The molecule has 2 heterocycles. The Morgan fingerprint density at radius 2 is 1.67 bits per heavy atom. The van der Waals surface area contributed by atoms with E-state index in [-0.39, 0.29) is 0 Å². The van der Waals surface area contributed by atoms with Crippen LogP contribution in [-0.2, 0) is 14.3 Å². The zero-order chi connectivity index (χ0) is 21.5. The number of aromatic nitrogens is 1. The van der Waals surface area contributed by atoms with E-state index in [1.807, 2.05) is 18.2 Å². The number of hydrogen-bond donors (Lipinski definition) is 2. The molecule has 1 aliphatic heterocycles. The number of anilines is 1. The van der Waals surface area contributed by atoms with Crippen LogP contribution in [0.25, 0.3) is 22.0 Å². The Hall–Kier alpha value is -3.65. The van der Waals surface area contributed by atoms with Crippen molar-refractivity contribution in [3.8, 4) is 16.9 Å². The van der Waals surface area contributed by atoms with Gasteiger partial charge in [0, 0.05) is 24.5 Å². The molecular formula is C22H22N2O6. The molecule has 8 heteroatoms. The fraction of sp³-hybridized carbons (Fsp3) is 0.227. The van der Waals surface area contributed by atoms with Crippen LogP contribution in [0.2, 0.25) is 0 Å². The average Bonchev–Trinajstić information content (AvgIpc) is 2.79. The van der Waals surface area contributed by atoms with Gasteiger partial charge in [0.25, 0.3) is 0 Å². The number of fused-ring (bicyclic) bond motifs is 1. The predicted molar refractivity (Wildman–Crippen MR) is 112 cm³/mol. The van der Waals surface area contributed by atoms with Gasteiger partial charge in [0.1, 0.15) is 11.6 Å². The third kappa shape index (κ3) is 5.03. The lowest BCUT2D eigenvalue weighted by Crippen LogP contribution is -2.36. The van der Waals surface area contributed by atoms with Crippen LogP contribution in [0, 0.1) is 0 Å². The number of morpholine rings is 1. The summed E-state index contributed by atoms with van der Waals surface area (Å²) in [4.78, 5) is 25.4. The highest BCUT2D eigenvalue weighted by atomic mass is 16.5. The molecule has 1 aliphatic rings. The second-order valence-electron chi connectivity index (χ2n) is 6.49. The average molecular weight is 410 g/mol. The molecule has 0 spiro atoms. The monoisotopic (exact) mass is 410 g/mol. The number of pyridine rings is 1. The van der Waals surface area contributed by atoms with Crippen molar-refractivity contribution in [1.82, 2.24) is 4.98 Å². The first-order chi connectivity index (χ1) is 14.5. The molecule has 2 aromatic carbocycles. The van der Waals surface area contributed by atoms with E-state index in [0.717, 1.165) is 48.8 Å². The maximum absolute atomic E-state index is 9.10. The molecule has 0 bridgehead atoms. The second kappa shape index (κ2) is 9.71. The highest BCUT2D eigenvalue weighted by Crippen LogP contribution is 2.33. The summed E-state index contributed by atoms with van der Waals surface area (Å²) in [5, 5.41) is 15.9. The summed E-state index contributed by atoms with van der Waals surface area (Å²) in [6, 6.07) is 18.7. The molecule has 2 N–H and O–H groups in total. The van der Waals surface area contributed by atoms with Gasteiger partial charge in [0.2, 0.25) is 0 Å². The largest absolute Gasteiger partial charge is 0.497 e. The van der Waals surface area contributed by atoms with E-state index in [2.05, 4.69) is 41.3 Å². The molecule has 3 aromatic rings. The van der Waals surface area contributed by atoms with Gasteiger partial charge in [0.05, 0.1) is 25.8 Å². The Bertz CT molecular complexity index is 1020. The van der Waals surface area contributed by atoms with Crippen molar-refractivity contribution in [2.45, 2.75) is 0 Å². The fourth-order valence-corrected chi connectivity index (χ4v) is 3.13. The van der Waals surface area contributed by atoms with Crippen molar-refractivity contribution in [3.05, 3.63) is 54.6 Å². The second-order valence-corrected chi connectivity index (χ2v) is 6.49. The number of nitrogens with zero attached hydrogens (tertiary/aromatic N) is 2. The minimum Gasteiger partial charge on any atom is -0.497 e. The van der Waals surface area contributed by atoms with E-state index < -0.39 is 11.9 Å². The van der Waals surface area contributed by atoms with Crippen molar-refractivity contribution in [2.75, 3.05) is 38.3 Å². The normalized spacial score (nSPS) is 13.3. The molecule has 0 amide bonds. The minimum atomic E-state index is -1.82. The Labute approximate surface area is 173 Å². The molecule has 156 valence electrons. The molecule has 0 aliphatic carbocycles. The van der Waals surface area contributed by atoms with Crippen LogP contribution in [0.4, 0.5) is 5.82 Å². The molecule has 1 fully saturated rings. The molecule has 30 heavy (non-hydrogen) atoms. The van der Waals surface area contributed by atoms with Gasteiger partial charge in [-0.15, -0.1) is 0 Å². The number of benzene rings is 2. The van der Waals surface area contributed by atoms with Crippen LogP contribution in [0.15, 0.2) is 54.6 Å². The van der Waals surface area contributed by atoms with Crippen molar-refractivity contribution in [3.63, 3.8) is 0 Å². The highest BCUT2D eigenvalue weighted by Gasteiger charge is 2.16. The maximum Gasteiger partial charge on any atom is 0.414 e. The number of carboxylic acids is 2. The molecule has 1 saturated heterocycles. The number of aliphatic carboxylic acids is 2. The van der Waals surface area contributed by atoms with Crippen molar-refractivity contribution < 1.29 is 29.3 Å². The van der Waals surface area contributed by atoms with Gasteiger partial charge in [-0.1, -0.05) is 30.3 Å². The van der Waals surface area contributed by atoms with Gasteiger partial charge in [-0.2, -0.15) is 0 Å². The van der Waals surface area contributed by atoms with Gasteiger partial charge >= 0.3 is 11.9 Å². The Morgan fingerprint density at radius 1 is 1.00 bits per heavy atom. The Kier molecular flexibility index (Phi) is 6.82. The van der Waals surface area contributed by atoms with Crippen LogP contribution >= 0.6 is 0 Å². The van der Waals surface area contributed by atoms with E-state index in [1.165, 1.54) is 11.1 Å². The van der Waals surface area contributed by atoms with Crippen molar-refractivity contribution in [1.29, 1.82) is 0 Å². The van der Waals surface area contributed by atoms with Crippen LogP contribution in [0.5, 0.6) is 5.75 Å². The van der Waals surface area contributed by atoms with Crippen LogP contribution in [-0.4, -0.2) is 60.5 Å². The summed E-state index contributed by atoms with van der Waals surface area (Å²) in [6.45, 7) is 3.24. The first kappa shape index (κ1) is 21.1. The van der Waals surface area contributed by atoms with Crippen LogP contribution in [0.1, 0.15) is 0 Å². The summed E-state index contributed by atoms with van der Waals surface area (Å²) < 4.78 is 10.9. The van der Waals surface area contributed by atoms with Crippen LogP contribution < -0.4 is 9.64 Å². The number of methoxy groups -OCH3 is 1. The summed E-state index contributed by atoms with van der Waals surface area (Å²) >= 11 is 0. The van der Waals surface area contributed by atoms with E-state index in [1.54, 1.807) is 7.11 Å². The third-order valence-corrected chi connectivity index (χ3v) is 4.61. The standard InChI is InChI=1S/C20H20N2O2.C2H2O4/c1-23-16-7-8-17-18(15-5-3-2-4-6-15)14-20(21-19(17)13-16)22-9-11-24-12-10-22;3-1(4)2(5)6/h2-8,13-14H,9-12H2,1H3;(H,3,4)(H,5,6). The van der Waals surface area contributed by atoms with Crippen molar-refractivity contribution >= 4 is 28.7 Å². The summed E-state index contributed by atoms with van der Waals surface area (Å²) in [5.41, 5.74) is 3.35. The molecule has 1 aromatic heterocycles.